The van der Waals surface area contributed by atoms with Gasteiger partial charge in [-0.3, -0.25) is 15.1 Å². The van der Waals surface area contributed by atoms with Gasteiger partial charge in [0, 0.05) is 25.3 Å². The number of nitrogens with one attached hydrogen (secondary N) is 1. The van der Waals surface area contributed by atoms with Crippen LogP contribution in [0.15, 0.2) is 23.7 Å². The van der Waals surface area contributed by atoms with Crippen molar-refractivity contribution >= 4 is 11.3 Å². The molecular weight excluding hydrogens is 284 g/mol. The predicted molar refractivity (Wildman–Crippen MR) is 72.4 cm³/mol. The summed E-state index contributed by atoms with van der Waals surface area (Å²) >= 11 is 1.49. The molecule has 0 unspecified atom stereocenters. The van der Waals surface area contributed by atoms with Gasteiger partial charge in [0.2, 0.25) is 5.79 Å². The number of methoxy groups -OCH3 is 2. The van der Waals surface area contributed by atoms with Gasteiger partial charge in [-0.15, -0.1) is 11.3 Å². The van der Waals surface area contributed by atoms with Crippen molar-refractivity contribution in [1.29, 1.82) is 0 Å². The molecule has 0 aliphatic carbocycles. The van der Waals surface area contributed by atoms with E-state index in [0.717, 1.165) is 11.1 Å². The van der Waals surface area contributed by atoms with Crippen molar-refractivity contribution in [1.82, 2.24) is 15.2 Å². The molecule has 1 aliphatic heterocycles. The van der Waals surface area contributed by atoms with Gasteiger partial charge in [-0.05, 0) is 0 Å². The van der Waals surface area contributed by atoms with Gasteiger partial charge in [0.25, 0.3) is 6.20 Å². The first-order chi connectivity index (χ1) is 9.58. The van der Waals surface area contributed by atoms with Crippen LogP contribution >= 0.6 is 11.3 Å². The van der Waals surface area contributed by atoms with Crippen LogP contribution in [0.25, 0.3) is 0 Å². The van der Waals surface area contributed by atoms with Gasteiger partial charge in [-0.25, -0.2) is 0 Å². The van der Waals surface area contributed by atoms with E-state index < -0.39 is 10.7 Å². The Kier molecular flexibility index (Phi) is 4.53. The standard InChI is InChI=1S/C11H16N4O4S/c1-18-11(19-2)6-13-10(5-15(16)17)14(7-11)4-9-3-12-8-20-9/h3,5,8,13H,4,6-7H2,1-2H3. The van der Waals surface area contributed by atoms with E-state index in [1.807, 2.05) is 4.90 Å². The Morgan fingerprint density at radius 2 is 2.40 bits per heavy atom. The van der Waals surface area contributed by atoms with Gasteiger partial charge >= 0.3 is 0 Å². The van der Waals surface area contributed by atoms with Crippen LogP contribution in [-0.4, -0.2) is 47.9 Å². The number of hydrogen-bond donors (Lipinski definition) is 1. The van der Waals surface area contributed by atoms with Crippen LogP contribution in [0.3, 0.4) is 0 Å². The molecule has 20 heavy (non-hydrogen) atoms. The number of rotatable bonds is 5. The minimum absolute atomic E-state index is 0.346. The molecule has 1 fully saturated rings. The highest BCUT2D eigenvalue weighted by Crippen LogP contribution is 2.23. The van der Waals surface area contributed by atoms with Crippen molar-refractivity contribution in [3.05, 3.63) is 38.7 Å². The fourth-order valence-electron chi connectivity index (χ4n) is 2.00. The molecule has 0 saturated carbocycles. The molecular formula is C11H16N4O4S. The number of nitro groups is 1. The van der Waals surface area contributed by atoms with Gasteiger partial charge in [-0.2, -0.15) is 0 Å². The lowest BCUT2D eigenvalue weighted by molar-refractivity contribution is -0.405. The molecule has 1 N–H and O–H groups in total. The van der Waals surface area contributed by atoms with Gasteiger partial charge in [0.15, 0.2) is 5.82 Å². The Hall–Kier alpha value is -1.71. The maximum absolute atomic E-state index is 10.7. The molecule has 9 heteroatoms. The van der Waals surface area contributed by atoms with E-state index >= 15 is 0 Å². The molecule has 0 spiro atoms. The highest BCUT2D eigenvalue weighted by molar-refractivity contribution is 7.09. The second-order valence-corrected chi connectivity index (χ2v) is 5.27. The van der Waals surface area contributed by atoms with Crippen molar-refractivity contribution < 1.29 is 14.4 Å². The summed E-state index contributed by atoms with van der Waals surface area (Å²) in [5, 5.41) is 13.7. The molecule has 1 saturated heterocycles. The van der Waals surface area contributed by atoms with E-state index in [2.05, 4.69) is 10.3 Å². The second-order valence-electron chi connectivity index (χ2n) is 4.30. The predicted octanol–water partition coefficient (Wildman–Crippen LogP) is 0.613. The molecule has 2 heterocycles. The number of aromatic nitrogens is 1. The van der Waals surface area contributed by atoms with Gasteiger partial charge in [0.1, 0.15) is 0 Å². The second kappa shape index (κ2) is 6.16. The van der Waals surface area contributed by atoms with E-state index in [9.17, 15) is 10.1 Å². The molecule has 1 aromatic heterocycles. The fraction of sp³-hybridized carbons (Fsp3) is 0.545. The monoisotopic (exact) mass is 300 g/mol. The summed E-state index contributed by atoms with van der Waals surface area (Å²) < 4.78 is 10.8. The van der Waals surface area contributed by atoms with Gasteiger partial charge in [-0.1, -0.05) is 0 Å². The number of thiazole rings is 1. The topological polar surface area (TPSA) is 89.8 Å². The molecule has 0 amide bonds. The van der Waals surface area contributed by atoms with Crippen LogP contribution in [0.4, 0.5) is 0 Å². The molecule has 1 aromatic rings. The molecule has 0 bridgehead atoms. The molecule has 0 atom stereocenters. The quantitative estimate of drug-likeness (QED) is 0.484. The molecule has 0 aromatic carbocycles. The van der Waals surface area contributed by atoms with Crippen molar-refractivity contribution in [2.75, 3.05) is 27.3 Å². The van der Waals surface area contributed by atoms with Gasteiger partial charge < -0.3 is 19.7 Å². The smallest absolute Gasteiger partial charge is 0.274 e. The molecule has 8 nitrogen and oxygen atoms in total. The largest absolute Gasteiger partial charge is 0.361 e. The lowest BCUT2D eigenvalue weighted by Gasteiger charge is -2.42. The van der Waals surface area contributed by atoms with E-state index in [1.54, 1.807) is 25.9 Å². The van der Waals surface area contributed by atoms with Crippen LogP contribution in [0.2, 0.25) is 0 Å². The maximum Gasteiger partial charge on any atom is 0.274 e. The third-order valence-corrected chi connectivity index (χ3v) is 3.88. The molecule has 110 valence electrons. The Morgan fingerprint density at radius 3 is 2.95 bits per heavy atom. The first-order valence-corrected chi connectivity index (χ1v) is 6.78. The zero-order valence-electron chi connectivity index (χ0n) is 11.2. The van der Waals surface area contributed by atoms with Crippen molar-refractivity contribution in [3.8, 4) is 0 Å². The molecule has 1 aliphatic rings. The normalized spacial score (nSPS) is 19.9. The van der Waals surface area contributed by atoms with Crippen LogP contribution < -0.4 is 5.32 Å². The van der Waals surface area contributed by atoms with Crippen LogP contribution in [-0.2, 0) is 16.0 Å². The molecule has 2 rings (SSSR count). The summed E-state index contributed by atoms with van der Waals surface area (Å²) in [5.74, 6) is -0.383. The third kappa shape index (κ3) is 3.24. The third-order valence-electron chi connectivity index (χ3n) is 3.11. The number of nitrogens with zero attached hydrogens (tertiary/aromatic N) is 3. The summed E-state index contributed by atoms with van der Waals surface area (Å²) in [6, 6.07) is 0. The van der Waals surface area contributed by atoms with Gasteiger partial charge in [0.05, 0.1) is 30.1 Å². The minimum atomic E-state index is -0.821. The SMILES string of the molecule is COC1(OC)CNC(=C[N+](=O)[O-])N(Cc2cncs2)C1. The number of ether oxygens (including phenoxy) is 2. The van der Waals surface area contributed by atoms with Crippen LogP contribution in [0.5, 0.6) is 0 Å². The van der Waals surface area contributed by atoms with E-state index in [4.69, 9.17) is 9.47 Å². The highest BCUT2D eigenvalue weighted by Gasteiger charge is 2.38. The van der Waals surface area contributed by atoms with Crippen LogP contribution in [0, 0.1) is 10.1 Å². The highest BCUT2D eigenvalue weighted by atomic mass is 32.1. The Balaban J connectivity index is 2.20. The zero-order chi connectivity index (χ0) is 14.6. The van der Waals surface area contributed by atoms with Crippen LogP contribution in [0.1, 0.15) is 4.88 Å². The average Bonchev–Trinajstić information content (AvgIpc) is 2.93. The first-order valence-electron chi connectivity index (χ1n) is 5.90. The lowest BCUT2D eigenvalue weighted by Crippen LogP contribution is -2.58. The van der Waals surface area contributed by atoms with E-state index in [-0.39, 0.29) is 0 Å². The Labute approximate surface area is 120 Å². The van der Waals surface area contributed by atoms with Crippen molar-refractivity contribution in [2.24, 2.45) is 0 Å². The first kappa shape index (κ1) is 14.7. The maximum atomic E-state index is 10.7. The average molecular weight is 300 g/mol. The Morgan fingerprint density at radius 1 is 1.65 bits per heavy atom. The van der Waals surface area contributed by atoms with E-state index in [1.165, 1.54) is 11.3 Å². The van der Waals surface area contributed by atoms with Crippen molar-refractivity contribution in [3.63, 3.8) is 0 Å². The van der Waals surface area contributed by atoms with E-state index in [0.29, 0.717) is 25.5 Å². The summed E-state index contributed by atoms with van der Waals surface area (Å²) in [6.07, 6.45) is 2.70. The summed E-state index contributed by atoms with van der Waals surface area (Å²) in [6.45, 7) is 1.25. The Bertz CT molecular complexity index is 487. The lowest BCUT2D eigenvalue weighted by atomic mass is 10.2. The zero-order valence-corrected chi connectivity index (χ0v) is 12.1. The molecule has 0 radical (unpaired) electrons. The minimum Gasteiger partial charge on any atom is -0.361 e. The number of hydrogen-bond acceptors (Lipinski definition) is 8. The summed E-state index contributed by atoms with van der Waals surface area (Å²) in [7, 11) is 3.11. The summed E-state index contributed by atoms with van der Waals surface area (Å²) in [5.41, 5.74) is 1.73. The van der Waals surface area contributed by atoms with Crippen molar-refractivity contribution in [2.45, 2.75) is 12.3 Å². The summed E-state index contributed by atoms with van der Waals surface area (Å²) in [4.78, 5) is 17.1. The fourth-order valence-corrected chi connectivity index (χ4v) is 2.61.